The Morgan fingerprint density at radius 1 is 1.05 bits per heavy atom. The third-order valence-electron chi connectivity index (χ3n) is 6.57. The van der Waals surface area contributed by atoms with Crippen LogP contribution in [0.15, 0.2) is 66.7 Å². The third kappa shape index (κ3) is 6.15. The van der Waals surface area contributed by atoms with Gasteiger partial charge in [0.05, 0.1) is 6.04 Å². The number of ether oxygens (including phenoxy) is 2. The number of halogens is 3. The number of carbonyl (C=O) groups is 2. The monoisotopic (exact) mass is 543 g/mol. The molecule has 4 rings (SSSR count). The van der Waals surface area contributed by atoms with Gasteiger partial charge in [-0.3, -0.25) is 14.5 Å². The highest BCUT2D eigenvalue weighted by atomic mass is 35.5. The summed E-state index contributed by atoms with van der Waals surface area (Å²) in [5.74, 6) is -0.673. The molecule has 37 heavy (non-hydrogen) atoms. The lowest BCUT2D eigenvalue weighted by Gasteiger charge is -2.47. The van der Waals surface area contributed by atoms with Gasteiger partial charge in [0.25, 0.3) is 12.4 Å². The van der Waals surface area contributed by atoms with E-state index in [9.17, 15) is 14.0 Å². The van der Waals surface area contributed by atoms with E-state index in [-0.39, 0.29) is 18.1 Å². The standard InChI is InChI=1S/C29H28Cl2FNO4/c1-3-4-26(36-17-34)33-27(20-7-9-21(30)10-8-20)28(24-14-11-22(31)15-18(24)2)37-25(29(33)35)16-19-5-12-23(32)13-6-19/h5-15,17,25-28H,3-4,16H2,1-2H3/t25-,26+,27+,28-/m0/s1. The van der Waals surface area contributed by atoms with Crippen molar-refractivity contribution in [1.29, 1.82) is 0 Å². The SMILES string of the molecule is CCC[C@@H](OC=O)N1C(=O)[C@H](Cc2ccc(F)cc2)O[C@@H](c2ccc(Cl)cc2C)[C@H]1c1ccc(Cl)cc1. The molecule has 8 heteroatoms. The molecule has 1 fully saturated rings. The molecule has 3 aromatic carbocycles. The second-order valence-electron chi connectivity index (χ2n) is 9.09. The van der Waals surface area contributed by atoms with Crippen molar-refractivity contribution < 1.29 is 23.5 Å². The molecule has 1 aliphatic heterocycles. The predicted octanol–water partition coefficient (Wildman–Crippen LogP) is 6.99. The molecule has 1 heterocycles. The molecule has 0 aromatic heterocycles. The lowest BCUT2D eigenvalue weighted by atomic mass is 9.88. The van der Waals surface area contributed by atoms with Crippen LogP contribution in [0.2, 0.25) is 10.0 Å². The third-order valence-corrected chi connectivity index (χ3v) is 7.06. The summed E-state index contributed by atoms with van der Waals surface area (Å²) in [5, 5.41) is 1.14. The molecule has 0 unspecified atom stereocenters. The number of morpholine rings is 1. The molecule has 0 bridgehead atoms. The maximum atomic E-state index is 14.0. The maximum Gasteiger partial charge on any atom is 0.295 e. The zero-order chi connectivity index (χ0) is 26.5. The van der Waals surface area contributed by atoms with E-state index in [0.717, 1.165) is 22.3 Å². The number of rotatable bonds is 9. The van der Waals surface area contributed by atoms with Crippen molar-refractivity contribution in [2.45, 2.75) is 57.6 Å². The van der Waals surface area contributed by atoms with Gasteiger partial charge in [-0.2, -0.15) is 0 Å². The Bertz CT molecular complexity index is 1240. The molecule has 0 N–H and O–H groups in total. The quantitative estimate of drug-likeness (QED) is 0.273. The summed E-state index contributed by atoms with van der Waals surface area (Å²) in [7, 11) is 0. The number of carbonyl (C=O) groups excluding carboxylic acids is 2. The zero-order valence-electron chi connectivity index (χ0n) is 20.6. The number of nitrogens with zero attached hydrogens (tertiary/aromatic N) is 1. The highest BCUT2D eigenvalue weighted by molar-refractivity contribution is 6.30. The van der Waals surface area contributed by atoms with Gasteiger partial charge in [0.15, 0.2) is 6.23 Å². The average Bonchev–Trinajstić information content (AvgIpc) is 2.87. The van der Waals surface area contributed by atoms with Crippen LogP contribution in [0, 0.1) is 12.7 Å². The summed E-state index contributed by atoms with van der Waals surface area (Å²) in [6.07, 6.45) is -0.926. The smallest absolute Gasteiger partial charge is 0.295 e. The second-order valence-corrected chi connectivity index (χ2v) is 9.97. The van der Waals surface area contributed by atoms with E-state index in [4.69, 9.17) is 32.7 Å². The van der Waals surface area contributed by atoms with Crippen molar-refractivity contribution in [3.63, 3.8) is 0 Å². The van der Waals surface area contributed by atoms with E-state index < -0.39 is 24.5 Å². The second kappa shape index (κ2) is 12.1. The van der Waals surface area contributed by atoms with Gasteiger partial charge in [0.2, 0.25) is 0 Å². The molecule has 194 valence electrons. The Labute approximate surface area is 226 Å². The van der Waals surface area contributed by atoms with Crippen LogP contribution in [0.1, 0.15) is 54.2 Å². The van der Waals surface area contributed by atoms with E-state index >= 15 is 0 Å². The highest BCUT2D eigenvalue weighted by Gasteiger charge is 2.47. The van der Waals surface area contributed by atoms with Crippen LogP contribution in [0.4, 0.5) is 4.39 Å². The van der Waals surface area contributed by atoms with E-state index in [0.29, 0.717) is 29.4 Å². The zero-order valence-corrected chi connectivity index (χ0v) is 22.1. The van der Waals surface area contributed by atoms with E-state index in [1.807, 2.05) is 38.1 Å². The molecule has 0 aliphatic carbocycles. The summed E-state index contributed by atoms with van der Waals surface area (Å²) in [5.41, 5.74) is 3.29. The molecule has 0 radical (unpaired) electrons. The van der Waals surface area contributed by atoms with E-state index in [2.05, 4.69) is 0 Å². The first-order valence-corrected chi connectivity index (χ1v) is 12.9. The van der Waals surface area contributed by atoms with Gasteiger partial charge in [-0.25, -0.2) is 4.39 Å². The van der Waals surface area contributed by atoms with Gasteiger partial charge in [-0.05, 0) is 65.6 Å². The molecule has 1 saturated heterocycles. The normalized spacial score (nSPS) is 20.5. The number of benzene rings is 3. The molecule has 5 nitrogen and oxygen atoms in total. The fourth-order valence-corrected chi connectivity index (χ4v) is 5.18. The van der Waals surface area contributed by atoms with Gasteiger partial charge in [-0.1, -0.05) is 66.9 Å². The molecule has 0 saturated carbocycles. The Hall–Kier alpha value is -2.93. The van der Waals surface area contributed by atoms with Crippen LogP contribution < -0.4 is 0 Å². The van der Waals surface area contributed by atoms with Gasteiger partial charge < -0.3 is 9.47 Å². The average molecular weight is 544 g/mol. The lowest BCUT2D eigenvalue weighted by molar-refractivity contribution is -0.198. The fraction of sp³-hybridized carbons (Fsp3) is 0.310. The number of hydrogen-bond donors (Lipinski definition) is 0. The number of hydrogen-bond acceptors (Lipinski definition) is 4. The first-order chi connectivity index (χ1) is 17.8. The Kier molecular flexibility index (Phi) is 8.85. The number of amides is 1. The Morgan fingerprint density at radius 3 is 2.35 bits per heavy atom. The molecule has 4 atom stereocenters. The van der Waals surface area contributed by atoms with Crippen LogP contribution in [0.3, 0.4) is 0 Å². The topological polar surface area (TPSA) is 55.8 Å². The summed E-state index contributed by atoms with van der Waals surface area (Å²) < 4.78 is 25.6. The molecular formula is C29H28Cl2FNO4. The van der Waals surface area contributed by atoms with Crippen molar-refractivity contribution in [1.82, 2.24) is 4.90 Å². The largest absolute Gasteiger partial charge is 0.444 e. The summed E-state index contributed by atoms with van der Waals surface area (Å²) >= 11 is 12.4. The van der Waals surface area contributed by atoms with E-state index in [1.54, 1.807) is 35.2 Å². The molecule has 3 aromatic rings. The molecule has 0 spiro atoms. The Morgan fingerprint density at radius 2 is 1.73 bits per heavy atom. The van der Waals surface area contributed by atoms with Gasteiger partial charge in [0, 0.05) is 22.9 Å². The lowest BCUT2D eigenvalue weighted by Crippen LogP contribution is -2.56. The Balaban J connectivity index is 1.86. The van der Waals surface area contributed by atoms with Crippen molar-refractivity contribution in [3.05, 3.63) is 105 Å². The molecule has 1 aliphatic rings. The first kappa shape index (κ1) is 27.1. The minimum atomic E-state index is -0.885. The van der Waals surface area contributed by atoms with Crippen molar-refractivity contribution in [3.8, 4) is 0 Å². The van der Waals surface area contributed by atoms with Crippen LogP contribution >= 0.6 is 23.2 Å². The highest BCUT2D eigenvalue weighted by Crippen LogP contribution is 2.45. The van der Waals surface area contributed by atoms with Gasteiger partial charge in [0.1, 0.15) is 18.0 Å². The molecular weight excluding hydrogens is 516 g/mol. The summed E-state index contributed by atoms with van der Waals surface area (Å²) in [4.78, 5) is 27.2. The fourth-order valence-electron chi connectivity index (χ4n) is 4.83. The van der Waals surface area contributed by atoms with Crippen LogP contribution in [0.25, 0.3) is 0 Å². The summed E-state index contributed by atoms with van der Waals surface area (Å²) in [6, 6.07) is 18.1. The van der Waals surface area contributed by atoms with E-state index in [1.165, 1.54) is 12.1 Å². The minimum Gasteiger partial charge on any atom is -0.444 e. The van der Waals surface area contributed by atoms with Crippen LogP contribution in [-0.4, -0.2) is 29.6 Å². The van der Waals surface area contributed by atoms with Gasteiger partial charge in [-0.15, -0.1) is 0 Å². The van der Waals surface area contributed by atoms with Gasteiger partial charge >= 0.3 is 0 Å². The van der Waals surface area contributed by atoms with Crippen molar-refractivity contribution >= 4 is 35.6 Å². The van der Waals surface area contributed by atoms with Crippen molar-refractivity contribution in [2.75, 3.05) is 0 Å². The van der Waals surface area contributed by atoms with Crippen LogP contribution in [-0.2, 0) is 25.5 Å². The molecule has 1 amide bonds. The predicted molar refractivity (Wildman–Crippen MR) is 141 cm³/mol. The van der Waals surface area contributed by atoms with Crippen molar-refractivity contribution in [2.24, 2.45) is 0 Å². The number of aryl methyl sites for hydroxylation is 1. The first-order valence-electron chi connectivity index (χ1n) is 12.1. The summed E-state index contributed by atoms with van der Waals surface area (Å²) in [6.45, 7) is 4.27. The maximum absolute atomic E-state index is 14.0. The minimum absolute atomic E-state index is 0.228. The van der Waals surface area contributed by atoms with Crippen LogP contribution in [0.5, 0.6) is 0 Å².